The van der Waals surface area contributed by atoms with Crippen molar-refractivity contribution < 1.29 is 31.9 Å². The van der Waals surface area contributed by atoms with Crippen LogP contribution in [0, 0.1) is 12.7 Å². The second-order valence-corrected chi connectivity index (χ2v) is 6.51. The van der Waals surface area contributed by atoms with Crippen molar-refractivity contribution in [3.8, 4) is 11.5 Å². The molecule has 0 unspecified atom stereocenters. The van der Waals surface area contributed by atoms with Crippen LogP contribution in [0.2, 0.25) is 0 Å². The molecular formula is C21H23F4N3O3. The maximum atomic E-state index is 13.6. The molecule has 2 aromatic rings. The number of nitrogens with one attached hydrogen (secondary N) is 3. The molecule has 0 aliphatic rings. The Balaban J connectivity index is 2.28. The van der Waals surface area contributed by atoms with Crippen LogP contribution in [-0.4, -0.2) is 19.1 Å². The third-order valence-electron chi connectivity index (χ3n) is 4.03. The van der Waals surface area contributed by atoms with Crippen molar-refractivity contribution in [1.29, 1.82) is 0 Å². The Morgan fingerprint density at radius 1 is 1.13 bits per heavy atom. The van der Waals surface area contributed by atoms with E-state index in [0.717, 1.165) is 18.2 Å². The van der Waals surface area contributed by atoms with Crippen LogP contribution in [0.25, 0.3) is 0 Å². The van der Waals surface area contributed by atoms with E-state index in [1.54, 1.807) is 13.8 Å². The number of carbonyl (C=O) groups is 1. The summed E-state index contributed by atoms with van der Waals surface area (Å²) in [7, 11) is 0. The first-order valence-corrected chi connectivity index (χ1v) is 9.34. The fraction of sp³-hybridized carbons (Fsp3) is 0.286. The highest BCUT2D eigenvalue weighted by atomic mass is 19.4. The fourth-order valence-corrected chi connectivity index (χ4v) is 2.40. The van der Waals surface area contributed by atoms with Crippen molar-refractivity contribution in [1.82, 2.24) is 16.3 Å². The average Bonchev–Trinajstić information content (AvgIpc) is 2.70. The Kier molecular flexibility index (Phi) is 8.55. The summed E-state index contributed by atoms with van der Waals surface area (Å²) in [5.74, 6) is -1.45. The van der Waals surface area contributed by atoms with Gasteiger partial charge in [0.25, 0.3) is 5.91 Å². The number of hydrogen-bond donors (Lipinski definition) is 3. The molecule has 0 atom stereocenters. The van der Waals surface area contributed by atoms with E-state index in [9.17, 15) is 22.4 Å². The monoisotopic (exact) mass is 441 g/mol. The molecule has 168 valence electrons. The minimum atomic E-state index is -4.65. The van der Waals surface area contributed by atoms with Gasteiger partial charge in [0.05, 0.1) is 17.7 Å². The van der Waals surface area contributed by atoms with Gasteiger partial charge in [-0.2, -0.15) is 13.2 Å². The number of allylic oxidation sites excluding steroid dienone is 1. The zero-order valence-electron chi connectivity index (χ0n) is 17.2. The zero-order chi connectivity index (χ0) is 23.0. The summed E-state index contributed by atoms with van der Waals surface area (Å²) >= 11 is 0. The molecular weight excluding hydrogens is 418 g/mol. The molecule has 0 aliphatic heterocycles. The van der Waals surface area contributed by atoms with Gasteiger partial charge in [0, 0.05) is 18.3 Å². The van der Waals surface area contributed by atoms with Crippen LogP contribution < -0.4 is 21.1 Å². The number of carbonyl (C=O) groups excluding carboxylic acids is 1. The van der Waals surface area contributed by atoms with E-state index >= 15 is 0 Å². The molecule has 0 saturated heterocycles. The summed E-state index contributed by atoms with van der Waals surface area (Å²) in [4.78, 5) is 17.7. The van der Waals surface area contributed by atoms with E-state index in [0.29, 0.717) is 23.9 Å². The van der Waals surface area contributed by atoms with Gasteiger partial charge in [-0.15, -0.1) is 5.59 Å². The summed E-state index contributed by atoms with van der Waals surface area (Å²) in [6.07, 6.45) is -3.13. The summed E-state index contributed by atoms with van der Waals surface area (Å²) in [6, 6.07) is 6.30. The van der Waals surface area contributed by atoms with E-state index in [1.807, 2.05) is 6.92 Å². The first kappa shape index (κ1) is 24.3. The molecule has 0 heterocycles. The van der Waals surface area contributed by atoms with E-state index in [2.05, 4.69) is 16.3 Å². The molecule has 10 heteroatoms. The van der Waals surface area contributed by atoms with Crippen molar-refractivity contribution in [3.63, 3.8) is 0 Å². The smallest absolute Gasteiger partial charge is 0.416 e. The SMILES string of the molecule is CCNNOC/C=C(\C)NC(=O)c1cc(C(F)(F)F)ccc1Oc1cc(F)ccc1C. The van der Waals surface area contributed by atoms with Crippen LogP contribution >= 0.6 is 0 Å². The molecule has 31 heavy (non-hydrogen) atoms. The van der Waals surface area contributed by atoms with E-state index in [1.165, 1.54) is 18.2 Å². The minimum absolute atomic E-state index is 0.0870. The van der Waals surface area contributed by atoms with E-state index < -0.39 is 23.5 Å². The third kappa shape index (κ3) is 7.35. The van der Waals surface area contributed by atoms with Crippen molar-refractivity contribution in [2.75, 3.05) is 13.2 Å². The van der Waals surface area contributed by atoms with Gasteiger partial charge in [-0.05, 0) is 49.8 Å². The molecule has 0 aliphatic carbocycles. The molecule has 2 aromatic carbocycles. The minimum Gasteiger partial charge on any atom is -0.456 e. The number of alkyl halides is 3. The summed E-state index contributed by atoms with van der Waals surface area (Å²) < 4.78 is 58.7. The predicted octanol–water partition coefficient (Wildman–Crippen LogP) is 4.62. The number of ether oxygens (including phenoxy) is 1. The van der Waals surface area contributed by atoms with Gasteiger partial charge in [-0.3, -0.25) is 9.63 Å². The lowest BCUT2D eigenvalue weighted by molar-refractivity contribution is -0.137. The molecule has 0 saturated carbocycles. The van der Waals surface area contributed by atoms with Gasteiger partial charge >= 0.3 is 6.18 Å². The number of hydrazine groups is 1. The Morgan fingerprint density at radius 3 is 2.55 bits per heavy atom. The Morgan fingerprint density at radius 2 is 1.87 bits per heavy atom. The number of halogens is 4. The largest absolute Gasteiger partial charge is 0.456 e. The summed E-state index contributed by atoms with van der Waals surface area (Å²) in [6.45, 7) is 5.78. The van der Waals surface area contributed by atoms with Crippen LogP contribution in [0.3, 0.4) is 0 Å². The van der Waals surface area contributed by atoms with Crippen molar-refractivity contribution >= 4 is 5.91 Å². The van der Waals surface area contributed by atoms with Gasteiger partial charge in [0.1, 0.15) is 17.3 Å². The number of rotatable bonds is 9. The summed E-state index contributed by atoms with van der Waals surface area (Å²) in [5, 5.41) is 2.49. The second-order valence-electron chi connectivity index (χ2n) is 6.51. The molecule has 1 amide bonds. The predicted molar refractivity (Wildman–Crippen MR) is 107 cm³/mol. The third-order valence-corrected chi connectivity index (χ3v) is 4.03. The maximum Gasteiger partial charge on any atom is 0.416 e. The van der Waals surface area contributed by atoms with E-state index in [-0.39, 0.29) is 23.7 Å². The Labute approximate surface area is 177 Å². The highest BCUT2D eigenvalue weighted by molar-refractivity contribution is 5.98. The van der Waals surface area contributed by atoms with Gasteiger partial charge < -0.3 is 10.1 Å². The number of aryl methyl sites for hydroxylation is 1. The molecule has 2 rings (SSSR count). The first-order chi connectivity index (χ1) is 14.6. The lowest BCUT2D eigenvalue weighted by Gasteiger charge is -2.16. The maximum absolute atomic E-state index is 13.6. The second kappa shape index (κ2) is 10.9. The lowest BCUT2D eigenvalue weighted by atomic mass is 10.1. The van der Waals surface area contributed by atoms with Crippen LogP contribution in [0.4, 0.5) is 17.6 Å². The molecule has 0 fully saturated rings. The highest BCUT2D eigenvalue weighted by Gasteiger charge is 2.32. The Bertz CT molecular complexity index is 946. The number of hydrogen-bond acceptors (Lipinski definition) is 5. The van der Waals surface area contributed by atoms with Crippen LogP contribution in [0.15, 0.2) is 48.2 Å². The lowest BCUT2D eigenvalue weighted by Crippen LogP contribution is -2.31. The van der Waals surface area contributed by atoms with Gasteiger partial charge in [-0.1, -0.05) is 13.0 Å². The average molecular weight is 441 g/mol. The number of amides is 1. The standard InChI is InChI=1S/C21H23F4N3O3/c1-4-26-28-30-10-9-14(3)27-20(29)17-11-15(21(23,24)25)6-8-18(17)31-19-12-16(22)7-5-13(19)2/h5-9,11-12,26,28H,4,10H2,1-3H3,(H,27,29)/b14-9+. The molecule has 6 nitrogen and oxygen atoms in total. The van der Waals surface area contributed by atoms with Crippen LogP contribution in [0.1, 0.15) is 35.3 Å². The van der Waals surface area contributed by atoms with Crippen LogP contribution in [0.5, 0.6) is 11.5 Å². The molecule has 0 bridgehead atoms. The molecule has 3 N–H and O–H groups in total. The van der Waals surface area contributed by atoms with Gasteiger partial charge in [0.2, 0.25) is 0 Å². The number of benzene rings is 2. The molecule has 0 aromatic heterocycles. The highest BCUT2D eigenvalue weighted by Crippen LogP contribution is 2.35. The van der Waals surface area contributed by atoms with Crippen LogP contribution in [-0.2, 0) is 11.0 Å². The fourth-order valence-electron chi connectivity index (χ4n) is 2.40. The van der Waals surface area contributed by atoms with Crippen molar-refractivity contribution in [3.05, 3.63) is 70.7 Å². The summed E-state index contributed by atoms with van der Waals surface area (Å²) in [5.41, 5.74) is 4.72. The van der Waals surface area contributed by atoms with Gasteiger partial charge in [0.15, 0.2) is 0 Å². The van der Waals surface area contributed by atoms with E-state index in [4.69, 9.17) is 9.57 Å². The van der Waals surface area contributed by atoms with Gasteiger partial charge in [-0.25, -0.2) is 9.82 Å². The van der Waals surface area contributed by atoms with Crippen molar-refractivity contribution in [2.45, 2.75) is 26.9 Å². The Hall–Kier alpha value is -2.95. The zero-order valence-corrected chi connectivity index (χ0v) is 17.2. The topological polar surface area (TPSA) is 71.6 Å². The normalized spacial score (nSPS) is 12.0. The molecule has 0 radical (unpaired) electrons. The van der Waals surface area contributed by atoms with Crippen molar-refractivity contribution in [2.24, 2.45) is 0 Å². The molecule has 0 spiro atoms. The first-order valence-electron chi connectivity index (χ1n) is 9.34. The quantitative estimate of drug-likeness (QED) is 0.301.